The maximum Gasteiger partial charge on any atom is 0.317 e. The van der Waals surface area contributed by atoms with E-state index in [0.29, 0.717) is 32.4 Å². The molecule has 3 rings (SSSR count). The highest BCUT2D eigenvalue weighted by Gasteiger charge is 2.29. The fourth-order valence-corrected chi connectivity index (χ4v) is 5.28. The zero-order valence-electron chi connectivity index (χ0n) is 15.6. The molecule has 1 atom stereocenters. The third-order valence-corrected chi connectivity index (χ3v) is 6.91. The molecule has 1 aromatic rings. The molecule has 2 amide bonds. The van der Waals surface area contributed by atoms with Crippen molar-refractivity contribution in [1.82, 2.24) is 24.7 Å². The van der Waals surface area contributed by atoms with Crippen LogP contribution in [0.2, 0.25) is 0 Å². The van der Waals surface area contributed by atoms with Gasteiger partial charge in [-0.05, 0) is 38.5 Å². The molecule has 146 valence electrons. The van der Waals surface area contributed by atoms with Gasteiger partial charge < -0.3 is 10.2 Å². The van der Waals surface area contributed by atoms with E-state index >= 15 is 0 Å². The Balaban J connectivity index is 1.52. The summed E-state index contributed by atoms with van der Waals surface area (Å²) in [5, 5.41) is 7.45. The first-order chi connectivity index (χ1) is 12.4. The van der Waals surface area contributed by atoms with E-state index in [2.05, 4.69) is 15.1 Å². The van der Waals surface area contributed by atoms with Crippen molar-refractivity contribution in [2.75, 3.05) is 18.8 Å². The first kappa shape index (κ1) is 19.2. The maximum absolute atomic E-state index is 12.6. The van der Waals surface area contributed by atoms with Crippen LogP contribution in [0.4, 0.5) is 4.79 Å². The first-order valence-electron chi connectivity index (χ1n) is 9.46. The van der Waals surface area contributed by atoms with Gasteiger partial charge in [-0.15, -0.1) is 0 Å². The van der Waals surface area contributed by atoms with Gasteiger partial charge in [-0.2, -0.15) is 5.10 Å². The lowest BCUT2D eigenvalue weighted by Crippen LogP contribution is -2.50. The molecule has 1 aliphatic heterocycles. The van der Waals surface area contributed by atoms with Gasteiger partial charge in [0.05, 0.1) is 18.0 Å². The fourth-order valence-electron chi connectivity index (χ4n) is 3.88. The summed E-state index contributed by atoms with van der Waals surface area (Å²) >= 11 is 0. The Morgan fingerprint density at radius 1 is 1.31 bits per heavy atom. The molecule has 2 N–H and O–H groups in total. The summed E-state index contributed by atoms with van der Waals surface area (Å²) in [5.74, 6) is 0.156. The maximum atomic E-state index is 12.6. The lowest BCUT2D eigenvalue weighted by molar-refractivity contribution is 0.175. The van der Waals surface area contributed by atoms with Crippen molar-refractivity contribution in [3.63, 3.8) is 0 Å². The molecule has 1 aliphatic carbocycles. The molecule has 8 nitrogen and oxygen atoms in total. The van der Waals surface area contributed by atoms with Crippen molar-refractivity contribution in [3.8, 4) is 0 Å². The van der Waals surface area contributed by atoms with Crippen LogP contribution in [0.3, 0.4) is 0 Å². The second-order valence-corrected chi connectivity index (χ2v) is 9.14. The number of hydrogen-bond donors (Lipinski definition) is 2. The van der Waals surface area contributed by atoms with Crippen LogP contribution in [0.1, 0.15) is 56.3 Å². The van der Waals surface area contributed by atoms with Crippen molar-refractivity contribution in [3.05, 3.63) is 17.5 Å². The van der Waals surface area contributed by atoms with Gasteiger partial charge in [-0.25, -0.2) is 17.9 Å². The number of carbonyl (C=O) groups excluding carboxylic acids is 1. The van der Waals surface area contributed by atoms with Crippen molar-refractivity contribution < 1.29 is 13.2 Å². The average molecular weight is 384 g/mol. The van der Waals surface area contributed by atoms with E-state index in [9.17, 15) is 13.2 Å². The summed E-state index contributed by atoms with van der Waals surface area (Å²) in [6.45, 7) is 2.99. The molecule has 0 aromatic carbocycles. The molecule has 1 fully saturated rings. The SMILES string of the molecule is CCCS(=O)(=O)NC1CCN(C(=O)NC2CCCc3c2cnn3C)CC1. The number of aryl methyl sites for hydroxylation is 1. The van der Waals surface area contributed by atoms with E-state index < -0.39 is 10.0 Å². The first-order valence-corrected chi connectivity index (χ1v) is 11.1. The summed E-state index contributed by atoms with van der Waals surface area (Å²) in [4.78, 5) is 14.4. The van der Waals surface area contributed by atoms with Crippen LogP contribution in [0, 0.1) is 0 Å². The summed E-state index contributed by atoms with van der Waals surface area (Å²) in [6, 6.07) is -0.127. The Morgan fingerprint density at radius 3 is 2.73 bits per heavy atom. The molecule has 0 bridgehead atoms. The van der Waals surface area contributed by atoms with Crippen molar-refractivity contribution >= 4 is 16.1 Å². The van der Waals surface area contributed by atoms with E-state index in [0.717, 1.165) is 24.8 Å². The van der Waals surface area contributed by atoms with Crippen LogP contribution in [-0.4, -0.2) is 54.0 Å². The van der Waals surface area contributed by atoms with E-state index in [1.54, 1.807) is 4.90 Å². The van der Waals surface area contributed by atoms with Gasteiger partial charge in [0.1, 0.15) is 0 Å². The fraction of sp³-hybridized carbons (Fsp3) is 0.765. The van der Waals surface area contributed by atoms with Crippen LogP contribution in [-0.2, 0) is 23.5 Å². The summed E-state index contributed by atoms with van der Waals surface area (Å²) in [6.07, 6.45) is 6.73. The summed E-state index contributed by atoms with van der Waals surface area (Å²) in [7, 11) is -1.26. The molecule has 1 unspecified atom stereocenters. The Kier molecular flexibility index (Phi) is 5.86. The largest absolute Gasteiger partial charge is 0.331 e. The number of nitrogens with zero attached hydrogens (tertiary/aromatic N) is 3. The zero-order valence-corrected chi connectivity index (χ0v) is 16.4. The smallest absolute Gasteiger partial charge is 0.317 e. The van der Waals surface area contributed by atoms with Crippen LogP contribution in [0.15, 0.2) is 6.20 Å². The topological polar surface area (TPSA) is 96.3 Å². The van der Waals surface area contributed by atoms with Crippen molar-refractivity contribution in [2.24, 2.45) is 7.05 Å². The minimum absolute atomic E-state index is 0.0146. The number of urea groups is 1. The van der Waals surface area contributed by atoms with Gasteiger partial charge in [0.15, 0.2) is 0 Å². The van der Waals surface area contributed by atoms with Crippen molar-refractivity contribution in [1.29, 1.82) is 0 Å². The second kappa shape index (κ2) is 7.96. The predicted octanol–water partition coefficient (Wildman–Crippen LogP) is 1.30. The Labute approximate surface area is 155 Å². The van der Waals surface area contributed by atoms with E-state index in [1.807, 2.05) is 24.9 Å². The normalized spacial score (nSPS) is 21.5. The van der Waals surface area contributed by atoms with Gasteiger partial charge in [0.2, 0.25) is 10.0 Å². The molecule has 0 saturated carbocycles. The van der Waals surface area contributed by atoms with E-state index in [-0.39, 0.29) is 23.9 Å². The number of likely N-dealkylation sites (tertiary alicyclic amines) is 1. The quantitative estimate of drug-likeness (QED) is 0.801. The monoisotopic (exact) mass is 383 g/mol. The number of amides is 2. The molecule has 2 aliphatic rings. The lowest BCUT2D eigenvalue weighted by atomic mass is 9.93. The van der Waals surface area contributed by atoms with Gasteiger partial charge >= 0.3 is 6.03 Å². The molecular formula is C17H29N5O3S. The number of sulfonamides is 1. The number of hydrogen-bond acceptors (Lipinski definition) is 4. The summed E-state index contributed by atoms with van der Waals surface area (Å²) < 4.78 is 28.4. The Bertz CT molecular complexity index is 738. The van der Waals surface area contributed by atoms with Crippen LogP contribution < -0.4 is 10.0 Å². The third-order valence-electron chi connectivity index (χ3n) is 5.27. The third kappa shape index (κ3) is 4.37. The molecule has 0 radical (unpaired) electrons. The molecule has 26 heavy (non-hydrogen) atoms. The molecule has 1 saturated heterocycles. The Hall–Kier alpha value is -1.61. The van der Waals surface area contributed by atoms with Crippen molar-refractivity contribution in [2.45, 2.75) is 57.5 Å². The predicted molar refractivity (Wildman–Crippen MR) is 99.2 cm³/mol. The molecule has 1 aromatic heterocycles. The average Bonchev–Trinajstić information content (AvgIpc) is 2.97. The van der Waals surface area contributed by atoms with Crippen LogP contribution in [0.5, 0.6) is 0 Å². The number of piperidine rings is 1. The molecule has 2 heterocycles. The highest BCUT2D eigenvalue weighted by Crippen LogP contribution is 2.29. The van der Waals surface area contributed by atoms with Crippen LogP contribution in [0.25, 0.3) is 0 Å². The van der Waals surface area contributed by atoms with E-state index in [4.69, 9.17) is 0 Å². The van der Waals surface area contributed by atoms with Gasteiger partial charge in [-0.1, -0.05) is 6.92 Å². The number of fused-ring (bicyclic) bond motifs is 1. The highest BCUT2D eigenvalue weighted by atomic mass is 32.2. The standard InChI is InChI=1S/C17H29N5O3S/c1-3-11-26(24,25)20-13-7-9-22(10-8-13)17(23)19-15-5-4-6-16-14(15)12-18-21(16)2/h12-13,15,20H,3-11H2,1-2H3,(H,19,23). The molecular weight excluding hydrogens is 354 g/mol. The lowest BCUT2D eigenvalue weighted by Gasteiger charge is -2.34. The minimum atomic E-state index is -3.20. The zero-order chi connectivity index (χ0) is 18.7. The second-order valence-electron chi connectivity index (χ2n) is 7.26. The van der Waals surface area contributed by atoms with Gasteiger partial charge in [0, 0.05) is 37.4 Å². The highest BCUT2D eigenvalue weighted by molar-refractivity contribution is 7.89. The summed E-state index contributed by atoms with van der Waals surface area (Å²) in [5.41, 5.74) is 2.32. The number of rotatable bonds is 5. The van der Waals surface area contributed by atoms with Gasteiger partial charge in [-0.3, -0.25) is 4.68 Å². The molecule has 9 heteroatoms. The number of carbonyl (C=O) groups is 1. The number of nitrogens with one attached hydrogen (secondary N) is 2. The van der Waals surface area contributed by atoms with Gasteiger partial charge in [0.25, 0.3) is 0 Å². The molecule has 0 spiro atoms. The van der Waals surface area contributed by atoms with Crippen LogP contribution >= 0.6 is 0 Å². The Morgan fingerprint density at radius 2 is 2.04 bits per heavy atom. The number of aromatic nitrogens is 2. The minimum Gasteiger partial charge on any atom is -0.331 e. The van der Waals surface area contributed by atoms with E-state index in [1.165, 1.54) is 5.69 Å².